The second-order valence-electron chi connectivity index (χ2n) is 7.69. The molecular formula is C26H23N3O4S. The molecule has 1 aliphatic rings. The quantitative estimate of drug-likeness (QED) is 0.260. The van der Waals surface area contributed by atoms with Crippen molar-refractivity contribution in [1.29, 1.82) is 0 Å². The van der Waals surface area contributed by atoms with E-state index in [0.29, 0.717) is 21.4 Å². The van der Waals surface area contributed by atoms with Gasteiger partial charge in [-0.2, -0.15) is 0 Å². The number of anilines is 1. The number of benzene rings is 3. The van der Waals surface area contributed by atoms with Gasteiger partial charge < -0.3 is 5.11 Å². The number of nitrogens with zero attached hydrogens (tertiary/aromatic N) is 3. The van der Waals surface area contributed by atoms with Crippen LogP contribution in [-0.2, 0) is 17.6 Å². The number of phenolic OH excluding ortho intramolecular Hbond substituents is 1. The zero-order valence-corrected chi connectivity index (χ0v) is 19.6. The van der Waals surface area contributed by atoms with Crippen molar-refractivity contribution >= 4 is 46.0 Å². The highest BCUT2D eigenvalue weighted by Gasteiger charge is 2.35. The van der Waals surface area contributed by atoms with Crippen molar-refractivity contribution in [3.63, 3.8) is 0 Å². The lowest BCUT2D eigenvalue weighted by Gasteiger charge is -2.16. The summed E-state index contributed by atoms with van der Waals surface area (Å²) in [6.07, 6.45) is 3.26. The number of aryl methyl sites for hydroxylation is 2. The highest BCUT2D eigenvalue weighted by molar-refractivity contribution is 8.19. The fourth-order valence-corrected chi connectivity index (χ4v) is 4.48. The van der Waals surface area contributed by atoms with Gasteiger partial charge >= 0.3 is 0 Å². The monoisotopic (exact) mass is 473 g/mol. The van der Waals surface area contributed by atoms with E-state index in [4.69, 9.17) is 4.99 Å². The number of rotatable bonds is 6. The van der Waals surface area contributed by atoms with Crippen LogP contribution in [0.3, 0.4) is 0 Å². The number of hydrogen-bond donors (Lipinski definition) is 1. The Bertz CT molecular complexity index is 1300. The van der Waals surface area contributed by atoms with E-state index in [2.05, 4.69) is 13.8 Å². The van der Waals surface area contributed by atoms with Crippen molar-refractivity contribution < 1.29 is 14.8 Å². The van der Waals surface area contributed by atoms with Crippen LogP contribution in [0.1, 0.15) is 30.5 Å². The predicted molar refractivity (Wildman–Crippen MR) is 137 cm³/mol. The highest BCUT2D eigenvalue weighted by atomic mass is 32.2. The average molecular weight is 474 g/mol. The van der Waals surface area contributed by atoms with Gasteiger partial charge in [0.2, 0.25) is 0 Å². The van der Waals surface area contributed by atoms with Crippen LogP contribution < -0.4 is 4.90 Å². The topological polar surface area (TPSA) is 96.0 Å². The number of hydrogen-bond acceptors (Lipinski definition) is 6. The number of carbonyl (C=O) groups is 1. The normalized spacial score (nSPS) is 15.9. The van der Waals surface area contributed by atoms with E-state index >= 15 is 0 Å². The Labute approximate surface area is 201 Å². The molecule has 1 heterocycles. The molecule has 0 aromatic heterocycles. The van der Waals surface area contributed by atoms with Crippen LogP contribution in [0, 0.1) is 10.1 Å². The summed E-state index contributed by atoms with van der Waals surface area (Å²) in [5.41, 5.74) is 3.74. The third-order valence-corrected chi connectivity index (χ3v) is 6.46. The Morgan fingerprint density at radius 3 is 2.21 bits per heavy atom. The van der Waals surface area contributed by atoms with Crippen molar-refractivity contribution in [3.05, 3.63) is 98.4 Å². The lowest BCUT2D eigenvalue weighted by Crippen LogP contribution is -2.28. The Hall–Kier alpha value is -3.91. The molecule has 1 aliphatic heterocycles. The lowest BCUT2D eigenvalue weighted by atomic mass is 10.1. The summed E-state index contributed by atoms with van der Waals surface area (Å²) in [5.74, 6) is -0.463. The van der Waals surface area contributed by atoms with Crippen molar-refractivity contribution in [3.8, 4) is 5.75 Å². The lowest BCUT2D eigenvalue weighted by molar-refractivity contribution is -0.384. The maximum absolute atomic E-state index is 13.4. The summed E-state index contributed by atoms with van der Waals surface area (Å²) in [6.45, 7) is 4.14. The van der Waals surface area contributed by atoms with E-state index in [9.17, 15) is 20.0 Å². The molecule has 0 aliphatic carbocycles. The molecule has 34 heavy (non-hydrogen) atoms. The first kappa shape index (κ1) is 23.3. The van der Waals surface area contributed by atoms with Crippen molar-refractivity contribution in [2.75, 3.05) is 4.90 Å². The number of nitro benzene ring substituents is 1. The molecule has 0 unspecified atom stereocenters. The minimum Gasteiger partial charge on any atom is -0.507 e. The Morgan fingerprint density at radius 1 is 1.00 bits per heavy atom. The summed E-state index contributed by atoms with van der Waals surface area (Å²) < 4.78 is 0. The number of aromatic hydroxyl groups is 1. The van der Waals surface area contributed by atoms with Crippen LogP contribution >= 0.6 is 11.8 Å². The van der Waals surface area contributed by atoms with Crippen LogP contribution in [0.4, 0.5) is 17.1 Å². The summed E-state index contributed by atoms with van der Waals surface area (Å²) >= 11 is 1.16. The minimum atomic E-state index is -0.542. The van der Waals surface area contributed by atoms with Gasteiger partial charge in [-0.3, -0.25) is 19.8 Å². The second kappa shape index (κ2) is 9.93. The van der Waals surface area contributed by atoms with Crippen LogP contribution in [-0.4, -0.2) is 21.1 Å². The number of aliphatic imine (C=N–C) groups is 1. The van der Waals surface area contributed by atoms with Gasteiger partial charge in [0.15, 0.2) is 5.17 Å². The molecule has 8 heteroatoms. The third kappa shape index (κ3) is 4.87. The summed E-state index contributed by atoms with van der Waals surface area (Å²) in [6, 6.07) is 19.2. The van der Waals surface area contributed by atoms with Crippen LogP contribution in [0.2, 0.25) is 0 Å². The second-order valence-corrected chi connectivity index (χ2v) is 8.69. The third-order valence-electron chi connectivity index (χ3n) is 5.49. The first-order valence-electron chi connectivity index (χ1n) is 10.9. The van der Waals surface area contributed by atoms with Gasteiger partial charge in [-0.05, 0) is 72.1 Å². The first-order valence-corrected chi connectivity index (χ1v) is 11.7. The molecule has 1 fully saturated rings. The molecular weight excluding hydrogens is 450 g/mol. The van der Waals surface area contributed by atoms with Crippen molar-refractivity contribution in [1.82, 2.24) is 0 Å². The van der Waals surface area contributed by atoms with Gasteiger partial charge in [-0.1, -0.05) is 38.1 Å². The van der Waals surface area contributed by atoms with E-state index in [1.807, 2.05) is 48.5 Å². The standard InChI is InChI=1S/C26H23N3O4S/c1-3-17-5-9-20(10-6-17)27-26-28(21-11-7-18(4-2)8-12-21)25(31)24(34-26)16-19-15-22(29(32)33)13-14-23(19)30/h5-16,30H,3-4H2,1-2H3. The molecule has 7 nitrogen and oxygen atoms in total. The van der Waals surface area contributed by atoms with Gasteiger partial charge in [-0.15, -0.1) is 0 Å². The molecule has 0 spiro atoms. The van der Waals surface area contributed by atoms with E-state index in [1.54, 1.807) is 0 Å². The number of non-ortho nitro benzene ring substituents is 1. The smallest absolute Gasteiger partial charge is 0.271 e. The Kier molecular flexibility index (Phi) is 6.79. The van der Waals surface area contributed by atoms with E-state index in [0.717, 1.165) is 30.2 Å². The van der Waals surface area contributed by atoms with Gasteiger partial charge in [0.25, 0.3) is 11.6 Å². The number of phenols is 1. The SMILES string of the molecule is CCc1ccc(N=C2SC(=Cc3cc([N+](=O)[O-])ccc3O)C(=O)N2c2ccc(CC)cc2)cc1. The predicted octanol–water partition coefficient (Wildman–Crippen LogP) is 6.23. The van der Waals surface area contributed by atoms with Gasteiger partial charge in [-0.25, -0.2) is 4.99 Å². The van der Waals surface area contributed by atoms with Gasteiger partial charge in [0, 0.05) is 17.7 Å². The molecule has 0 saturated carbocycles. The largest absolute Gasteiger partial charge is 0.507 e. The number of nitro groups is 1. The summed E-state index contributed by atoms with van der Waals surface area (Å²) in [7, 11) is 0. The molecule has 0 atom stereocenters. The number of amides is 1. The molecule has 0 radical (unpaired) electrons. The minimum absolute atomic E-state index is 0.147. The number of carbonyl (C=O) groups excluding carboxylic acids is 1. The summed E-state index contributed by atoms with van der Waals surface area (Å²) in [4.78, 5) is 30.6. The molecule has 1 saturated heterocycles. The van der Waals surface area contributed by atoms with E-state index < -0.39 is 4.92 Å². The highest BCUT2D eigenvalue weighted by Crippen LogP contribution is 2.38. The van der Waals surface area contributed by atoms with Gasteiger partial charge in [0.1, 0.15) is 5.75 Å². The Balaban J connectivity index is 1.78. The van der Waals surface area contributed by atoms with Gasteiger partial charge in [0.05, 0.1) is 21.2 Å². The molecule has 3 aromatic rings. The zero-order chi connectivity index (χ0) is 24.2. The van der Waals surface area contributed by atoms with Crippen molar-refractivity contribution in [2.45, 2.75) is 26.7 Å². The van der Waals surface area contributed by atoms with Crippen LogP contribution in [0.5, 0.6) is 5.75 Å². The maximum Gasteiger partial charge on any atom is 0.271 e. The fraction of sp³-hybridized carbons (Fsp3) is 0.154. The molecule has 1 N–H and O–H groups in total. The molecule has 172 valence electrons. The zero-order valence-electron chi connectivity index (χ0n) is 18.8. The molecule has 3 aromatic carbocycles. The first-order chi connectivity index (χ1) is 16.4. The number of amidine groups is 1. The number of thioether (sulfide) groups is 1. The molecule has 0 bridgehead atoms. The van der Waals surface area contributed by atoms with E-state index in [-0.39, 0.29) is 22.9 Å². The summed E-state index contributed by atoms with van der Waals surface area (Å²) in [5, 5.41) is 21.9. The Morgan fingerprint density at radius 2 is 1.62 bits per heavy atom. The molecule has 1 amide bonds. The van der Waals surface area contributed by atoms with Crippen LogP contribution in [0.25, 0.3) is 6.08 Å². The molecule has 4 rings (SSSR count). The average Bonchev–Trinajstić information content (AvgIpc) is 3.15. The fourth-order valence-electron chi connectivity index (χ4n) is 3.49. The van der Waals surface area contributed by atoms with Crippen LogP contribution in [0.15, 0.2) is 76.6 Å². The van der Waals surface area contributed by atoms with Crippen molar-refractivity contribution in [2.24, 2.45) is 4.99 Å². The van der Waals surface area contributed by atoms with E-state index in [1.165, 1.54) is 34.7 Å². The maximum atomic E-state index is 13.4.